The van der Waals surface area contributed by atoms with Gasteiger partial charge in [0, 0.05) is 18.3 Å². The molecule has 0 saturated carbocycles. The lowest BCUT2D eigenvalue weighted by Crippen LogP contribution is -2.24. The van der Waals surface area contributed by atoms with E-state index < -0.39 is 0 Å². The zero-order valence-corrected chi connectivity index (χ0v) is 17.6. The quantitative estimate of drug-likeness (QED) is 0.612. The number of hydrogen-bond donors (Lipinski definition) is 0. The third-order valence-corrected chi connectivity index (χ3v) is 5.79. The predicted molar refractivity (Wildman–Crippen MR) is 113 cm³/mol. The first-order valence-electron chi connectivity index (χ1n) is 10.00. The Hall–Kier alpha value is -2.36. The maximum Gasteiger partial charge on any atom is 0.278 e. The SMILES string of the molecule is CCC(CC)c1cc(C)n2nc(-c3ccc(C(C)C)cc3C)n(C)c(=O)c12. The fraction of sp³-hybridized carbons (Fsp3) is 0.478. The van der Waals surface area contributed by atoms with Gasteiger partial charge in [0.25, 0.3) is 5.56 Å². The standard InChI is InChI=1S/C23H31N3O/c1-8-17(9-2)20-13-16(6)26-21(20)23(27)25(7)22(24-26)19-11-10-18(14(3)4)12-15(19)5/h10-14,17H,8-9H2,1-7H3. The van der Waals surface area contributed by atoms with Gasteiger partial charge in [0.15, 0.2) is 5.82 Å². The van der Waals surface area contributed by atoms with Crippen LogP contribution in [-0.4, -0.2) is 14.2 Å². The first-order chi connectivity index (χ1) is 12.8. The molecule has 0 fully saturated rings. The van der Waals surface area contributed by atoms with E-state index in [1.54, 1.807) is 4.57 Å². The summed E-state index contributed by atoms with van der Waals surface area (Å²) < 4.78 is 3.55. The van der Waals surface area contributed by atoms with E-state index in [4.69, 9.17) is 5.10 Å². The molecule has 4 heteroatoms. The van der Waals surface area contributed by atoms with Crippen LogP contribution < -0.4 is 5.56 Å². The zero-order valence-electron chi connectivity index (χ0n) is 17.6. The topological polar surface area (TPSA) is 39.3 Å². The maximum absolute atomic E-state index is 13.3. The lowest BCUT2D eigenvalue weighted by Gasteiger charge is -2.15. The van der Waals surface area contributed by atoms with Crippen LogP contribution in [0.1, 0.15) is 74.8 Å². The minimum absolute atomic E-state index is 0.0299. The molecule has 0 aliphatic heterocycles. The van der Waals surface area contributed by atoms with Gasteiger partial charge in [0.05, 0.1) is 0 Å². The summed E-state index contributed by atoms with van der Waals surface area (Å²) in [7, 11) is 1.83. The molecule has 0 radical (unpaired) electrons. The van der Waals surface area contributed by atoms with Crippen LogP contribution in [-0.2, 0) is 7.05 Å². The number of aryl methyl sites for hydroxylation is 2. The normalized spacial score (nSPS) is 11.9. The molecular weight excluding hydrogens is 334 g/mol. The Balaban J connectivity index is 2.27. The minimum Gasteiger partial charge on any atom is -0.293 e. The summed E-state index contributed by atoms with van der Waals surface area (Å²) in [4.78, 5) is 13.3. The fourth-order valence-electron chi connectivity index (χ4n) is 3.98. The fourth-order valence-corrected chi connectivity index (χ4v) is 3.98. The Kier molecular flexibility index (Phi) is 5.27. The van der Waals surface area contributed by atoms with E-state index in [-0.39, 0.29) is 5.56 Å². The van der Waals surface area contributed by atoms with Crippen molar-refractivity contribution in [1.82, 2.24) is 14.2 Å². The van der Waals surface area contributed by atoms with Crippen molar-refractivity contribution in [3.05, 3.63) is 57.0 Å². The average Bonchev–Trinajstić information content (AvgIpc) is 2.96. The highest BCUT2D eigenvalue weighted by Crippen LogP contribution is 2.29. The van der Waals surface area contributed by atoms with Crippen molar-refractivity contribution in [3.63, 3.8) is 0 Å². The van der Waals surface area contributed by atoms with Crippen LogP contribution in [0, 0.1) is 13.8 Å². The second kappa shape index (κ2) is 7.34. The number of rotatable bonds is 5. The number of aromatic nitrogens is 3. The molecule has 144 valence electrons. The third-order valence-electron chi connectivity index (χ3n) is 5.79. The van der Waals surface area contributed by atoms with Gasteiger partial charge in [0.1, 0.15) is 5.52 Å². The molecule has 4 nitrogen and oxygen atoms in total. The molecule has 0 aliphatic rings. The number of nitrogens with zero attached hydrogens (tertiary/aromatic N) is 3. The van der Waals surface area contributed by atoms with Crippen LogP contribution in [0.2, 0.25) is 0 Å². The Bertz CT molecular complexity index is 1040. The molecular formula is C23H31N3O. The molecule has 2 heterocycles. The number of fused-ring (bicyclic) bond motifs is 1. The van der Waals surface area contributed by atoms with E-state index in [1.165, 1.54) is 5.56 Å². The van der Waals surface area contributed by atoms with E-state index >= 15 is 0 Å². The van der Waals surface area contributed by atoms with E-state index in [9.17, 15) is 4.79 Å². The van der Waals surface area contributed by atoms with Crippen molar-refractivity contribution < 1.29 is 0 Å². The van der Waals surface area contributed by atoms with Crippen molar-refractivity contribution in [2.24, 2.45) is 7.05 Å². The molecule has 0 atom stereocenters. The van der Waals surface area contributed by atoms with Crippen molar-refractivity contribution in [1.29, 1.82) is 0 Å². The highest BCUT2D eigenvalue weighted by molar-refractivity contribution is 5.64. The minimum atomic E-state index is 0.0299. The highest BCUT2D eigenvalue weighted by Gasteiger charge is 2.21. The second-order valence-corrected chi connectivity index (χ2v) is 7.93. The van der Waals surface area contributed by atoms with Gasteiger partial charge in [-0.2, -0.15) is 0 Å². The lowest BCUT2D eigenvalue weighted by molar-refractivity contribution is 0.644. The molecule has 1 aromatic carbocycles. The van der Waals surface area contributed by atoms with Crippen LogP contribution in [0.25, 0.3) is 16.9 Å². The van der Waals surface area contributed by atoms with Gasteiger partial charge in [-0.05, 0) is 61.3 Å². The summed E-state index contributed by atoms with van der Waals surface area (Å²) in [5.41, 5.74) is 6.36. The van der Waals surface area contributed by atoms with Gasteiger partial charge in [0.2, 0.25) is 0 Å². The molecule has 3 rings (SSSR count). The van der Waals surface area contributed by atoms with Crippen LogP contribution in [0.15, 0.2) is 29.1 Å². The lowest BCUT2D eigenvalue weighted by atomic mass is 9.95. The first-order valence-corrected chi connectivity index (χ1v) is 10.00. The second-order valence-electron chi connectivity index (χ2n) is 7.93. The smallest absolute Gasteiger partial charge is 0.278 e. The largest absolute Gasteiger partial charge is 0.293 e. The average molecular weight is 366 g/mol. The van der Waals surface area contributed by atoms with Crippen molar-refractivity contribution in [2.45, 2.75) is 66.2 Å². The van der Waals surface area contributed by atoms with Crippen molar-refractivity contribution >= 4 is 5.52 Å². The van der Waals surface area contributed by atoms with Gasteiger partial charge >= 0.3 is 0 Å². The summed E-state index contributed by atoms with van der Waals surface area (Å²) >= 11 is 0. The molecule has 0 bridgehead atoms. The summed E-state index contributed by atoms with van der Waals surface area (Å²) in [5, 5.41) is 4.89. The maximum atomic E-state index is 13.3. The summed E-state index contributed by atoms with van der Waals surface area (Å²) in [6.07, 6.45) is 2.05. The van der Waals surface area contributed by atoms with E-state index in [1.807, 2.05) is 18.5 Å². The van der Waals surface area contributed by atoms with Gasteiger partial charge < -0.3 is 0 Å². The molecule has 2 aromatic heterocycles. The molecule has 3 aromatic rings. The molecule has 0 amide bonds. The Morgan fingerprint density at radius 2 is 1.74 bits per heavy atom. The Labute approximate surface area is 161 Å². The third kappa shape index (κ3) is 3.22. The molecule has 0 spiro atoms. The van der Waals surface area contributed by atoms with E-state index in [2.05, 4.69) is 58.9 Å². The summed E-state index contributed by atoms with van der Waals surface area (Å²) in [6, 6.07) is 8.58. The zero-order chi connectivity index (χ0) is 19.9. The molecule has 0 N–H and O–H groups in total. The first kappa shape index (κ1) is 19.4. The predicted octanol–water partition coefficient (Wildman–Crippen LogP) is 5.34. The van der Waals surface area contributed by atoms with Crippen LogP contribution in [0.4, 0.5) is 0 Å². The van der Waals surface area contributed by atoms with Crippen LogP contribution >= 0.6 is 0 Å². The molecule has 0 saturated heterocycles. The van der Waals surface area contributed by atoms with Gasteiger partial charge in [-0.1, -0.05) is 45.9 Å². The monoisotopic (exact) mass is 365 g/mol. The Morgan fingerprint density at radius 3 is 2.30 bits per heavy atom. The van der Waals surface area contributed by atoms with Gasteiger partial charge in [-0.15, -0.1) is 5.10 Å². The van der Waals surface area contributed by atoms with Crippen LogP contribution in [0.5, 0.6) is 0 Å². The number of benzene rings is 1. The van der Waals surface area contributed by atoms with Gasteiger partial charge in [-0.3, -0.25) is 9.36 Å². The van der Waals surface area contributed by atoms with Gasteiger partial charge in [-0.25, -0.2) is 4.52 Å². The van der Waals surface area contributed by atoms with E-state index in [0.29, 0.717) is 11.8 Å². The van der Waals surface area contributed by atoms with Crippen molar-refractivity contribution in [3.8, 4) is 11.4 Å². The molecule has 27 heavy (non-hydrogen) atoms. The van der Waals surface area contributed by atoms with E-state index in [0.717, 1.165) is 46.6 Å². The highest BCUT2D eigenvalue weighted by atomic mass is 16.1. The van der Waals surface area contributed by atoms with Crippen molar-refractivity contribution in [2.75, 3.05) is 0 Å². The Morgan fingerprint density at radius 1 is 1.07 bits per heavy atom. The molecule has 0 aliphatic carbocycles. The summed E-state index contributed by atoms with van der Waals surface area (Å²) in [5.74, 6) is 1.59. The summed E-state index contributed by atoms with van der Waals surface area (Å²) in [6.45, 7) is 12.9. The number of hydrogen-bond acceptors (Lipinski definition) is 2. The molecule has 0 unspecified atom stereocenters. The van der Waals surface area contributed by atoms with Crippen LogP contribution in [0.3, 0.4) is 0 Å².